The number of rotatable bonds is 8. The normalized spacial score (nSPS) is 15.4. The molecule has 0 spiro atoms. The fourth-order valence-corrected chi connectivity index (χ4v) is 3.56. The predicted molar refractivity (Wildman–Crippen MR) is 109 cm³/mol. The number of anilines is 1. The molecule has 0 amide bonds. The van der Waals surface area contributed by atoms with Gasteiger partial charge in [0.1, 0.15) is 0 Å². The van der Waals surface area contributed by atoms with E-state index in [0.29, 0.717) is 23.6 Å². The molecule has 3 rings (SSSR count). The van der Waals surface area contributed by atoms with Gasteiger partial charge >= 0.3 is 0 Å². The molecule has 1 N–H and O–H groups in total. The van der Waals surface area contributed by atoms with Gasteiger partial charge in [0.25, 0.3) is 0 Å². The van der Waals surface area contributed by atoms with Crippen LogP contribution in [-0.2, 0) is 13.0 Å². The highest BCUT2D eigenvalue weighted by Crippen LogP contribution is 2.35. The molecule has 1 aliphatic rings. The maximum absolute atomic E-state index is 11.6. The smallest absolute Gasteiger partial charge is 0.162 e. The van der Waals surface area contributed by atoms with E-state index in [-0.39, 0.29) is 10.9 Å². The largest absolute Gasteiger partial charge is 0.733 e. The minimum absolute atomic E-state index is 0.104. The standard InChI is InChI=1S/C21H28N3O4/c1-27-20-14-18(19(24(25)26)15-21(20)28-2)16-23-12-10-22(11-13-23)9-8-17-6-4-3-5-7-17/h3-7,14-15,25H,8-13,16H2,1-2H3/q-1. The third kappa shape index (κ3) is 5.14. The number of piperazine rings is 1. The van der Waals surface area contributed by atoms with Gasteiger partial charge in [0.15, 0.2) is 11.5 Å². The first-order chi connectivity index (χ1) is 13.6. The molecule has 2 aromatic carbocycles. The first-order valence-electron chi connectivity index (χ1n) is 9.50. The molecule has 1 heterocycles. The molecule has 0 atom stereocenters. The number of ether oxygens (including phenoxy) is 2. The number of methoxy groups -OCH3 is 2. The van der Waals surface area contributed by atoms with Gasteiger partial charge in [0.2, 0.25) is 0 Å². The van der Waals surface area contributed by atoms with Crippen LogP contribution in [0, 0.1) is 5.21 Å². The summed E-state index contributed by atoms with van der Waals surface area (Å²) in [4.78, 5) is 4.75. The van der Waals surface area contributed by atoms with Crippen molar-refractivity contribution < 1.29 is 14.7 Å². The summed E-state index contributed by atoms with van der Waals surface area (Å²) in [6.07, 6.45) is 1.05. The molecule has 152 valence electrons. The van der Waals surface area contributed by atoms with Crippen molar-refractivity contribution in [1.82, 2.24) is 9.80 Å². The zero-order chi connectivity index (χ0) is 19.9. The summed E-state index contributed by atoms with van der Waals surface area (Å²) < 4.78 is 10.6. The molecule has 0 aliphatic carbocycles. The van der Waals surface area contributed by atoms with Gasteiger partial charge in [0, 0.05) is 45.3 Å². The van der Waals surface area contributed by atoms with E-state index in [1.165, 1.54) is 18.7 Å². The lowest BCUT2D eigenvalue weighted by Gasteiger charge is -2.36. The van der Waals surface area contributed by atoms with Crippen LogP contribution in [0.4, 0.5) is 5.69 Å². The van der Waals surface area contributed by atoms with Crippen LogP contribution in [0.1, 0.15) is 11.1 Å². The summed E-state index contributed by atoms with van der Waals surface area (Å²) in [7, 11) is 3.06. The second-order valence-corrected chi connectivity index (χ2v) is 6.96. The summed E-state index contributed by atoms with van der Waals surface area (Å²) in [5.74, 6) is 0.964. The van der Waals surface area contributed by atoms with Crippen molar-refractivity contribution in [2.24, 2.45) is 0 Å². The Morgan fingerprint density at radius 1 is 0.964 bits per heavy atom. The van der Waals surface area contributed by atoms with Crippen LogP contribution < -0.4 is 14.7 Å². The Morgan fingerprint density at radius 2 is 1.57 bits per heavy atom. The molecule has 7 heteroatoms. The van der Waals surface area contributed by atoms with Crippen LogP contribution >= 0.6 is 0 Å². The van der Waals surface area contributed by atoms with Gasteiger partial charge in [0.05, 0.1) is 19.9 Å². The second-order valence-electron chi connectivity index (χ2n) is 6.96. The number of hydrogen-bond acceptors (Lipinski definition) is 7. The van der Waals surface area contributed by atoms with Gasteiger partial charge in [-0.1, -0.05) is 30.3 Å². The topological polar surface area (TPSA) is 71.5 Å². The van der Waals surface area contributed by atoms with E-state index in [4.69, 9.17) is 9.47 Å². The maximum Gasteiger partial charge on any atom is 0.162 e. The van der Waals surface area contributed by atoms with Crippen molar-refractivity contribution in [1.29, 1.82) is 0 Å². The molecule has 0 saturated carbocycles. The maximum atomic E-state index is 11.6. The monoisotopic (exact) mass is 386 g/mol. The lowest BCUT2D eigenvalue weighted by Crippen LogP contribution is -2.46. The summed E-state index contributed by atoms with van der Waals surface area (Å²) in [5.41, 5.74) is 2.26. The zero-order valence-electron chi connectivity index (χ0n) is 16.5. The quantitative estimate of drug-likeness (QED) is 0.700. The minimum Gasteiger partial charge on any atom is -0.733 e. The Bertz CT molecular complexity index is 747. The van der Waals surface area contributed by atoms with Gasteiger partial charge in [-0.3, -0.25) is 10.1 Å². The van der Waals surface area contributed by atoms with Crippen LogP contribution in [0.3, 0.4) is 0 Å². The fourth-order valence-electron chi connectivity index (χ4n) is 3.56. The van der Waals surface area contributed by atoms with Gasteiger partial charge in [-0.2, -0.15) is 0 Å². The van der Waals surface area contributed by atoms with E-state index < -0.39 is 0 Å². The molecule has 0 radical (unpaired) electrons. The zero-order valence-corrected chi connectivity index (χ0v) is 16.5. The molecule has 1 saturated heterocycles. The Hall–Kier alpha value is -2.32. The van der Waals surface area contributed by atoms with Crippen molar-refractivity contribution in [3.8, 4) is 11.5 Å². The lowest BCUT2D eigenvalue weighted by atomic mass is 10.1. The van der Waals surface area contributed by atoms with Gasteiger partial charge in [-0.05, 0) is 23.6 Å². The number of hydrogen-bond donors (Lipinski definition) is 1. The molecular weight excluding hydrogens is 358 g/mol. The average Bonchev–Trinajstić information content (AvgIpc) is 2.73. The highest BCUT2D eigenvalue weighted by atomic mass is 16.8. The van der Waals surface area contributed by atoms with E-state index in [2.05, 4.69) is 34.1 Å². The third-order valence-corrected chi connectivity index (χ3v) is 5.21. The molecular formula is C21H28N3O4-. The molecule has 1 fully saturated rings. The van der Waals surface area contributed by atoms with Gasteiger partial charge < -0.3 is 24.8 Å². The molecule has 1 aliphatic heterocycles. The third-order valence-electron chi connectivity index (χ3n) is 5.21. The Balaban J connectivity index is 1.58. The van der Waals surface area contributed by atoms with Crippen molar-refractivity contribution in [2.75, 3.05) is 52.2 Å². The Kier molecular flexibility index (Phi) is 7.11. The molecule has 0 aromatic heterocycles. The highest BCUT2D eigenvalue weighted by Gasteiger charge is 2.19. The number of benzene rings is 2. The molecule has 2 aromatic rings. The lowest BCUT2D eigenvalue weighted by molar-refractivity contribution is 0.128. The van der Waals surface area contributed by atoms with E-state index in [1.54, 1.807) is 13.2 Å². The molecule has 28 heavy (non-hydrogen) atoms. The van der Waals surface area contributed by atoms with Crippen LogP contribution in [0.5, 0.6) is 11.5 Å². The first kappa shape index (κ1) is 20.4. The van der Waals surface area contributed by atoms with E-state index in [9.17, 15) is 10.4 Å². The summed E-state index contributed by atoms with van der Waals surface area (Å²) in [5, 5.41) is 21.0. The average molecular weight is 386 g/mol. The summed E-state index contributed by atoms with van der Waals surface area (Å²) in [6, 6.07) is 13.8. The summed E-state index contributed by atoms with van der Waals surface area (Å²) in [6.45, 7) is 5.40. The van der Waals surface area contributed by atoms with Crippen molar-refractivity contribution in [2.45, 2.75) is 13.0 Å². The second kappa shape index (κ2) is 9.75. The SMILES string of the molecule is COc1cc(CN2CCN(CCc3ccccc3)CC2)c(N([O-])O)cc1OC. The molecule has 7 nitrogen and oxygen atoms in total. The first-order valence-corrected chi connectivity index (χ1v) is 9.50. The minimum atomic E-state index is -0.104. The van der Waals surface area contributed by atoms with Crippen LogP contribution in [0.15, 0.2) is 42.5 Å². The van der Waals surface area contributed by atoms with Crippen LogP contribution in [0.25, 0.3) is 0 Å². The molecule has 0 bridgehead atoms. The highest BCUT2D eigenvalue weighted by molar-refractivity contribution is 5.61. The van der Waals surface area contributed by atoms with Crippen molar-refractivity contribution >= 4 is 5.69 Å². The van der Waals surface area contributed by atoms with Crippen molar-refractivity contribution in [3.05, 3.63) is 58.8 Å². The van der Waals surface area contributed by atoms with Gasteiger partial charge in [-0.25, -0.2) is 0 Å². The van der Waals surface area contributed by atoms with E-state index >= 15 is 0 Å². The Morgan fingerprint density at radius 3 is 2.18 bits per heavy atom. The van der Waals surface area contributed by atoms with E-state index in [0.717, 1.165) is 39.1 Å². The van der Waals surface area contributed by atoms with Gasteiger partial charge in [-0.15, -0.1) is 0 Å². The Labute approximate surface area is 166 Å². The van der Waals surface area contributed by atoms with Crippen molar-refractivity contribution in [3.63, 3.8) is 0 Å². The van der Waals surface area contributed by atoms with Crippen LogP contribution in [0.2, 0.25) is 0 Å². The number of nitrogens with zero attached hydrogens (tertiary/aromatic N) is 3. The summed E-state index contributed by atoms with van der Waals surface area (Å²) >= 11 is 0. The van der Waals surface area contributed by atoms with E-state index in [1.807, 2.05) is 6.07 Å². The predicted octanol–water partition coefficient (Wildman–Crippen LogP) is 2.76. The fraction of sp³-hybridized carbons (Fsp3) is 0.429. The molecule has 0 unspecified atom stereocenters. The van der Waals surface area contributed by atoms with Crippen LogP contribution in [-0.4, -0.2) is 62.0 Å².